The van der Waals surface area contributed by atoms with Crippen molar-refractivity contribution in [3.8, 4) is 0 Å². The van der Waals surface area contributed by atoms with Crippen molar-refractivity contribution >= 4 is 38.9 Å². The predicted molar refractivity (Wildman–Crippen MR) is 114 cm³/mol. The lowest BCUT2D eigenvalue weighted by molar-refractivity contribution is -0.116. The molecule has 0 aliphatic carbocycles. The molecule has 9 heteroatoms. The molecule has 3 rings (SSSR count). The summed E-state index contributed by atoms with van der Waals surface area (Å²) >= 11 is 1.34. The SMILES string of the molecule is Cc1ccc(S(=O)(=O)N2CCCCC2)cc1NC(=O)CCNC(=O)c1cccs1. The van der Waals surface area contributed by atoms with Crippen LogP contribution in [-0.4, -0.2) is 44.2 Å². The number of piperidine rings is 1. The Labute approximate surface area is 175 Å². The van der Waals surface area contributed by atoms with E-state index in [1.807, 2.05) is 12.3 Å². The van der Waals surface area contributed by atoms with Crippen LogP contribution in [0, 0.1) is 6.92 Å². The summed E-state index contributed by atoms with van der Waals surface area (Å²) in [6, 6.07) is 8.31. The molecule has 1 aliphatic rings. The number of amides is 2. The monoisotopic (exact) mass is 435 g/mol. The lowest BCUT2D eigenvalue weighted by Gasteiger charge is -2.26. The minimum absolute atomic E-state index is 0.0969. The maximum Gasteiger partial charge on any atom is 0.261 e. The number of sulfonamides is 1. The standard InChI is InChI=1S/C20H25N3O4S2/c1-15-7-8-16(29(26,27)23-11-3-2-4-12-23)14-17(15)22-19(24)9-10-21-20(25)18-6-5-13-28-18/h5-8,13-14H,2-4,9-12H2,1H3,(H,21,25)(H,22,24). The van der Waals surface area contributed by atoms with Gasteiger partial charge in [0.05, 0.1) is 9.77 Å². The quantitative estimate of drug-likeness (QED) is 0.699. The third-order valence-corrected chi connectivity index (χ3v) is 7.58. The van der Waals surface area contributed by atoms with E-state index in [9.17, 15) is 18.0 Å². The van der Waals surface area contributed by atoms with Crippen LogP contribution in [0.3, 0.4) is 0 Å². The first-order chi connectivity index (χ1) is 13.9. The second kappa shape index (κ2) is 9.51. The van der Waals surface area contributed by atoms with Gasteiger partial charge in [0.2, 0.25) is 15.9 Å². The molecular formula is C20H25N3O4S2. The molecule has 7 nitrogen and oxygen atoms in total. The molecule has 1 fully saturated rings. The maximum absolute atomic E-state index is 12.9. The van der Waals surface area contributed by atoms with Gasteiger partial charge in [-0.15, -0.1) is 11.3 Å². The zero-order chi connectivity index (χ0) is 20.9. The zero-order valence-electron chi connectivity index (χ0n) is 16.3. The number of anilines is 1. The lowest BCUT2D eigenvalue weighted by Crippen LogP contribution is -2.35. The minimum atomic E-state index is -3.56. The average molecular weight is 436 g/mol. The number of hydrogen-bond donors (Lipinski definition) is 2. The fourth-order valence-corrected chi connectivity index (χ4v) is 5.33. The van der Waals surface area contributed by atoms with Crippen LogP contribution in [0.1, 0.15) is 40.9 Å². The Balaban J connectivity index is 1.60. The van der Waals surface area contributed by atoms with Crippen molar-refractivity contribution in [2.75, 3.05) is 25.0 Å². The number of benzene rings is 1. The molecule has 0 saturated carbocycles. The Morgan fingerprint density at radius 1 is 1.14 bits per heavy atom. The molecular weight excluding hydrogens is 410 g/mol. The summed E-state index contributed by atoms with van der Waals surface area (Å²) in [6.45, 7) is 3.07. The van der Waals surface area contributed by atoms with E-state index in [-0.39, 0.29) is 29.7 Å². The third-order valence-electron chi connectivity index (χ3n) is 4.82. The van der Waals surface area contributed by atoms with Crippen LogP contribution in [0.15, 0.2) is 40.6 Å². The van der Waals surface area contributed by atoms with Crippen molar-refractivity contribution in [1.82, 2.24) is 9.62 Å². The highest BCUT2D eigenvalue weighted by Crippen LogP contribution is 2.25. The van der Waals surface area contributed by atoms with Gasteiger partial charge in [0, 0.05) is 31.7 Å². The molecule has 1 aromatic carbocycles. The molecule has 0 atom stereocenters. The van der Waals surface area contributed by atoms with Gasteiger partial charge < -0.3 is 10.6 Å². The van der Waals surface area contributed by atoms with E-state index >= 15 is 0 Å². The number of hydrogen-bond acceptors (Lipinski definition) is 5. The second-order valence-electron chi connectivity index (χ2n) is 6.97. The summed E-state index contributed by atoms with van der Waals surface area (Å²) in [7, 11) is -3.56. The van der Waals surface area contributed by atoms with Crippen molar-refractivity contribution in [2.45, 2.75) is 37.5 Å². The summed E-state index contributed by atoms with van der Waals surface area (Å²) in [6.07, 6.45) is 2.88. The molecule has 2 N–H and O–H groups in total. The van der Waals surface area contributed by atoms with E-state index in [1.54, 1.807) is 24.3 Å². The fourth-order valence-electron chi connectivity index (χ4n) is 3.15. The van der Waals surface area contributed by atoms with Gasteiger partial charge in [-0.25, -0.2) is 8.42 Å². The third kappa shape index (κ3) is 5.43. The second-order valence-corrected chi connectivity index (χ2v) is 9.86. The number of nitrogens with zero attached hydrogens (tertiary/aromatic N) is 1. The summed E-state index contributed by atoms with van der Waals surface area (Å²) < 4.78 is 27.2. The number of carbonyl (C=O) groups excluding carboxylic acids is 2. The smallest absolute Gasteiger partial charge is 0.261 e. The first kappa shape index (κ1) is 21.5. The lowest BCUT2D eigenvalue weighted by atomic mass is 10.2. The fraction of sp³-hybridized carbons (Fsp3) is 0.400. The Kier molecular flexibility index (Phi) is 7.05. The number of carbonyl (C=O) groups is 2. The van der Waals surface area contributed by atoms with E-state index in [0.29, 0.717) is 23.7 Å². The highest BCUT2D eigenvalue weighted by atomic mass is 32.2. The van der Waals surface area contributed by atoms with Gasteiger partial charge in [-0.3, -0.25) is 9.59 Å². The van der Waals surface area contributed by atoms with E-state index in [2.05, 4.69) is 10.6 Å². The minimum Gasteiger partial charge on any atom is -0.351 e. The van der Waals surface area contributed by atoms with Crippen molar-refractivity contribution in [3.05, 3.63) is 46.2 Å². The average Bonchev–Trinajstić information content (AvgIpc) is 3.25. The molecule has 1 aliphatic heterocycles. The highest BCUT2D eigenvalue weighted by molar-refractivity contribution is 7.89. The van der Waals surface area contributed by atoms with Crippen LogP contribution in [0.4, 0.5) is 5.69 Å². The van der Waals surface area contributed by atoms with Crippen LogP contribution in [0.25, 0.3) is 0 Å². The normalized spacial score (nSPS) is 15.1. The van der Waals surface area contributed by atoms with Crippen LogP contribution < -0.4 is 10.6 Å². The Morgan fingerprint density at radius 3 is 2.59 bits per heavy atom. The number of thiophene rings is 1. The maximum atomic E-state index is 12.9. The molecule has 0 spiro atoms. The van der Waals surface area contributed by atoms with Gasteiger partial charge in [0.1, 0.15) is 0 Å². The van der Waals surface area contributed by atoms with Crippen molar-refractivity contribution in [1.29, 1.82) is 0 Å². The van der Waals surface area contributed by atoms with Crippen molar-refractivity contribution in [3.63, 3.8) is 0 Å². The van der Waals surface area contributed by atoms with Crippen LogP contribution >= 0.6 is 11.3 Å². The summed E-state index contributed by atoms with van der Waals surface area (Å²) in [4.78, 5) is 25.0. The number of nitrogens with one attached hydrogen (secondary N) is 2. The first-order valence-corrected chi connectivity index (χ1v) is 11.9. The Morgan fingerprint density at radius 2 is 1.90 bits per heavy atom. The number of aryl methyl sites for hydroxylation is 1. The molecule has 156 valence electrons. The first-order valence-electron chi connectivity index (χ1n) is 9.60. The predicted octanol–water partition coefficient (Wildman–Crippen LogP) is 2.99. The van der Waals surface area contributed by atoms with E-state index < -0.39 is 10.0 Å². The largest absolute Gasteiger partial charge is 0.351 e. The topological polar surface area (TPSA) is 95.6 Å². The molecule has 2 amide bonds. The van der Waals surface area contributed by atoms with Crippen LogP contribution in [0.2, 0.25) is 0 Å². The molecule has 0 radical (unpaired) electrons. The molecule has 0 bridgehead atoms. The van der Waals surface area contributed by atoms with E-state index in [0.717, 1.165) is 24.8 Å². The number of rotatable bonds is 7. The van der Waals surface area contributed by atoms with Crippen LogP contribution in [0.5, 0.6) is 0 Å². The van der Waals surface area contributed by atoms with Gasteiger partial charge in [-0.1, -0.05) is 18.6 Å². The van der Waals surface area contributed by atoms with Crippen LogP contribution in [-0.2, 0) is 14.8 Å². The zero-order valence-corrected chi connectivity index (χ0v) is 17.9. The Bertz CT molecular complexity index is 966. The molecule has 2 heterocycles. The molecule has 2 aromatic rings. The summed E-state index contributed by atoms with van der Waals surface area (Å²) in [5.41, 5.74) is 1.25. The van der Waals surface area contributed by atoms with Gasteiger partial charge in [0.15, 0.2) is 0 Å². The molecule has 1 saturated heterocycles. The van der Waals surface area contributed by atoms with Gasteiger partial charge in [-0.05, 0) is 48.9 Å². The van der Waals surface area contributed by atoms with E-state index in [4.69, 9.17) is 0 Å². The molecule has 0 unspecified atom stereocenters. The highest BCUT2D eigenvalue weighted by Gasteiger charge is 2.26. The van der Waals surface area contributed by atoms with Crippen molar-refractivity contribution in [2.24, 2.45) is 0 Å². The summed E-state index contributed by atoms with van der Waals surface area (Å²) in [5, 5.41) is 7.28. The van der Waals surface area contributed by atoms with Gasteiger partial charge >= 0.3 is 0 Å². The Hall–Kier alpha value is -2.23. The molecule has 29 heavy (non-hydrogen) atoms. The molecule has 1 aromatic heterocycles. The van der Waals surface area contributed by atoms with Gasteiger partial charge in [-0.2, -0.15) is 4.31 Å². The van der Waals surface area contributed by atoms with E-state index in [1.165, 1.54) is 21.7 Å². The van der Waals surface area contributed by atoms with Crippen molar-refractivity contribution < 1.29 is 18.0 Å². The van der Waals surface area contributed by atoms with Gasteiger partial charge in [0.25, 0.3) is 5.91 Å². The summed E-state index contributed by atoms with van der Waals surface area (Å²) in [5.74, 6) is -0.495.